The van der Waals surface area contributed by atoms with E-state index in [1.165, 1.54) is 11.8 Å². The number of fused-ring (bicyclic) bond motifs is 1. The maximum absolute atomic E-state index is 13.8. The predicted molar refractivity (Wildman–Crippen MR) is 159 cm³/mol. The Bertz CT molecular complexity index is 1510. The fraction of sp³-hybridized carbons (Fsp3) is 0.333. The number of carbonyl (C=O) groups excluding carboxylic acids is 2. The van der Waals surface area contributed by atoms with E-state index in [0.717, 1.165) is 49.2 Å². The molecule has 0 bridgehead atoms. The highest BCUT2D eigenvalue weighted by Gasteiger charge is 2.28. The van der Waals surface area contributed by atoms with Crippen LogP contribution in [0.5, 0.6) is 0 Å². The summed E-state index contributed by atoms with van der Waals surface area (Å²) in [5.41, 5.74) is 2.08. The normalized spacial score (nSPS) is 14.8. The summed E-state index contributed by atoms with van der Waals surface area (Å²) in [6.45, 7) is 3.62. The lowest BCUT2D eigenvalue weighted by molar-refractivity contribution is -0.133. The predicted octanol–water partition coefficient (Wildman–Crippen LogP) is 5.41. The first-order chi connectivity index (χ1) is 19.0. The second-order valence-corrected chi connectivity index (χ2v) is 11.8. The minimum absolute atomic E-state index is 0.163. The molecule has 0 aliphatic carbocycles. The number of rotatable bonds is 9. The SMILES string of the molecule is CCCCC(Sc1nc2ccccc2c(=O)n1-c1cccc(-c2cccs2)c1)C(=O)NC(=O)C1CCNCC1. The molecule has 39 heavy (non-hydrogen) atoms. The molecular formula is C30H32N4O3S2. The van der Waals surface area contributed by atoms with Gasteiger partial charge in [0.05, 0.1) is 21.8 Å². The van der Waals surface area contributed by atoms with Crippen molar-refractivity contribution in [1.82, 2.24) is 20.2 Å². The molecule has 3 heterocycles. The van der Waals surface area contributed by atoms with Crippen molar-refractivity contribution < 1.29 is 9.59 Å². The van der Waals surface area contributed by atoms with Crippen LogP contribution in [0, 0.1) is 5.92 Å². The van der Waals surface area contributed by atoms with E-state index in [4.69, 9.17) is 4.98 Å². The van der Waals surface area contributed by atoms with Crippen LogP contribution in [0.2, 0.25) is 0 Å². The Morgan fingerprint density at radius 2 is 1.95 bits per heavy atom. The Kier molecular flexibility index (Phi) is 8.91. The number of nitrogens with one attached hydrogen (secondary N) is 2. The molecule has 0 radical (unpaired) electrons. The lowest BCUT2D eigenvalue weighted by Crippen LogP contribution is -2.44. The zero-order valence-corrected chi connectivity index (χ0v) is 23.5. The Morgan fingerprint density at radius 1 is 1.13 bits per heavy atom. The number of thiophene rings is 1. The molecule has 4 aromatic rings. The molecule has 0 saturated carbocycles. The molecule has 1 atom stereocenters. The van der Waals surface area contributed by atoms with Crippen LogP contribution in [-0.4, -0.2) is 39.7 Å². The third-order valence-corrected chi connectivity index (χ3v) is 9.11. The number of hydrogen-bond acceptors (Lipinski definition) is 7. The molecule has 1 aliphatic rings. The quantitative estimate of drug-likeness (QED) is 0.210. The number of aromatic nitrogens is 2. The first-order valence-corrected chi connectivity index (χ1v) is 15.2. The summed E-state index contributed by atoms with van der Waals surface area (Å²) in [7, 11) is 0. The molecule has 202 valence electrons. The molecule has 7 nitrogen and oxygen atoms in total. The average molecular weight is 561 g/mol. The number of unbranched alkanes of at least 4 members (excludes halogenated alkanes) is 1. The topological polar surface area (TPSA) is 93.1 Å². The molecule has 0 spiro atoms. The fourth-order valence-corrected chi connectivity index (χ4v) is 6.68. The monoisotopic (exact) mass is 560 g/mol. The summed E-state index contributed by atoms with van der Waals surface area (Å²) >= 11 is 2.89. The number of thioether (sulfide) groups is 1. The summed E-state index contributed by atoms with van der Waals surface area (Å²) < 4.78 is 1.60. The van der Waals surface area contributed by atoms with Crippen molar-refractivity contribution in [3.8, 4) is 16.1 Å². The van der Waals surface area contributed by atoms with Crippen molar-refractivity contribution in [3.63, 3.8) is 0 Å². The Morgan fingerprint density at radius 3 is 2.72 bits per heavy atom. The number of hydrogen-bond donors (Lipinski definition) is 2. The van der Waals surface area contributed by atoms with E-state index >= 15 is 0 Å². The van der Waals surface area contributed by atoms with Crippen LogP contribution in [0.1, 0.15) is 39.0 Å². The van der Waals surface area contributed by atoms with Crippen molar-refractivity contribution in [2.75, 3.05) is 13.1 Å². The highest BCUT2D eigenvalue weighted by molar-refractivity contribution is 8.00. The number of amides is 2. The van der Waals surface area contributed by atoms with Crippen LogP contribution in [0.4, 0.5) is 0 Å². The molecule has 2 aromatic carbocycles. The fourth-order valence-electron chi connectivity index (χ4n) is 4.81. The van der Waals surface area contributed by atoms with Crippen LogP contribution in [0.15, 0.2) is 76.0 Å². The molecule has 1 aliphatic heterocycles. The summed E-state index contributed by atoms with van der Waals surface area (Å²) in [6.07, 6.45) is 3.74. The van der Waals surface area contributed by atoms with E-state index < -0.39 is 5.25 Å². The zero-order chi connectivity index (χ0) is 27.2. The van der Waals surface area contributed by atoms with Gasteiger partial charge in [0.15, 0.2) is 5.16 Å². The third kappa shape index (κ3) is 6.32. The highest BCUT2D eigenvalue weighted by atomic mass is 32.2. The van der Waals surface area contributed by atoms with Gasteiger partial charge >= 0.3 is 0 Å². The number of nitrogens with zero attached hydrogens (tertiary/aromatic N) is 2. The third-order valence-electron chi connectivity index (χ3n) is 6.97. The van der Waals surface area contributed by atoms with Crippen LogP contribution < -0.4 is 16.2 Å². The van der Waals surface area contributed by atoms with Crippen LogP contribution >= 0.6 is 23.1 Å². The Labute approximate surface area is 236 Å². The highest BCUT2D eigenvalue weighted by Crippen LogP contribution is 2.31. The molecule has 2 amide bonds. The number of piperidine rings is 1. The average Bonchev–Trinajstić information content (AvgIpc) is 3.51. The van der Waals surface area contributed by atoms with E-state index in [1.807, 2.05) is 60.0 Å². The minimum atomic E-state index is -0.560. The van der Waals surface area contributed by atoms with Crippen LogP contribution in [0.25, 0.3) is 27.0 Å². The van der Waals surface area contributed by atoms with Crippen molar-refractivity contribution in [1.29, 1.82) is 0 Å². The minimum Gasteiger partial charge on any atom is -0.317 e. The molecule has 1 fully saturated rings. The maximum atomic E-state index is 13.8. The molecule has 9 heteroatoms. The standard InChI is InChI=1S/C30H32N4O3S2/c1-2-3-12-26(28(36)33-27(35)20-14-16-31-17-15-20)39-30-32-24-11-5-4-10-23(24)29(37)34(30)22-9-6-8-21(19-22)25-13-7-18-38-25/h4-11,13,18-20,26,31H,2-3,12,14-17H2,1H3,(H,33,35,36). The van der Waals surface area contributed by atoms with Crippen LogP contribution in [0.3, 0.4) is 0 Å². The molecule has 2 N–H and O–H groups in total. The van der Waals surface area contributed by atoms with Crippen molar-refractivity contribution in [2.45, 2.75) is 49.4 Å². The van der Waals surface area contributed by atoms with Gasteiger partial charge < -0.3 is 5.32 Å². The van der Waals surface area contributed by atoms with Gasteiger partial charge in [-0.05, 0) is 73.6 Å². The molecule has 1 unspecified atom stereocenters. The lowest BCUT2D eigenvalue weighted by Gasteiger charge is -2.23. The van der Waals surface area contributed by atoms with Crippen molar-refractivity contribution in [3.05, 3.63) is 76.4 Å². The summed E-state index contributed by atoms with van der Waals surface area (Å²) in [5, 5.41) is 8.34. The van der Waals surface area contributed by atoms with Gasteiger partial charge in [-0.15, -0.1) is 11.3 Å². The van der Waals surface area contributed by atoms with Gasteiger partial charge in [0.2, 0.25) is 11.8 Å². The Balaban J connectivity index is 1.52. The Hall–Kier alpha value is -3.27. The van der Waals surface area contributed by atoms with Gasteiger partial charge in [-0.3, -0.25) is 24.3 Å². The number of para-hydroxylation sites is 1. The van der Waals surface area contributed by atoms with Gasteiger partial charge in [0.25, 0.3) is 5.56 Å². The number of carbonyl (C=O) groups is 2. The van der Waals surface area contributed by atoms with E-state index in [2.05, 4.69) is 17.6 Å². The smallest absolute Gasteiger partial charge is 0.266 e. The second-order valence-electron chi connectivity index (χ2n) is 9.71. The van der Waals surface area contributed by atoms with E-state index in [-0.39, 0.29) is 23.3 Å². The van der Waals surface area contributed by atoms with Crippen LogP contribution in [-0.2, 0) is 9.59 Å². The maximum Gasteiger partial charge on any atom is 0.266 e. The first-order valence-electron chi connectivity index (χ1n) is 13.4. The molecule has 5 rings (SSSR count). The van der Waals surface area contributed by atoms with Gasteiger partial charge in [-0.2, -0.15) is 0 Å². The van der Waals surface area contributed by atoms with E-state index in [9.17, 15) is 14.4 Å². The van der Waals surface area contributed by atoms with Gasteiger partial charge in [-0.1, -0.05) is 61.9 Å². The zero-order valence-electron chi connectivity index (χ0n) is 21.9. The summed E-state index contributed by atoms with van der Waals surface area (Å²) in [4.78, 5) is 46.1. The summed E-state index contributed by atoms with van der Waals surface area (Å²) in [5.74, 6) is -0.696. The molecule has 1 saturated heterocycles. The largest absolute Gasteiger partial charge is 0.317 e. The lowest BCUT2D eigenvalue weighted by atomic mass is 9.97. The number of imide groups is 1. The van der Waals surface area contributed by atoms with Gasteiger partial charge in [0, 0.05) is 10.8 Å². The van der Waals surface area contributed by atoms with Crippen molar-refractivity contribution in [2.24, 2.45) is 5.92 Å². The second kappa shape index (κ2) is 12.7. The van der Waals surface area contributed by atoms with E-state index in [1.54, 1.807) is 22.0 Å². The summed E-state index contributed by atoms with van der Waals surface area (Å²) in [6, 6.07) is 19.1. The number of benzene rings is 2. The van der Waals surface area contributed by atoms with Gasteiger partial charge in [-0.25, -0.2) is 4.98 Å². The first kappa shape index (κ1) is 27.3. The van der Waals surface area contributed by atoms with Gasteiger partial charge in [0.1, 0.15) is 0 Å². The van der Waals surface area contributed by atoms with E-state index in [0.29, 0.717) is 28.2 Å². The molecule has 2 aromatic heterocycles. The molecular weight excluding hydrogens is 528 g/mol. The van der Waals surface area contributed by atoms with Crippen molar-refractivity contribution >= 4 is 45.8 Å².